The summed E-state index contributed by atoms with van der Waals surface area (Å²) in [7, 11) is 0. The van der Waals surface area contributed by atoms with Crippen LogP contribution in [-0.2, 0) is 0 Å². The van der Waals surface area contributed by atoms with E-state index in [0.29, 0.717) is 5.37 Å². The van der Waals surface area contributed by atoms with E-state index in [1.807, 2.05) is 11.3 Å². The lowest BCUT2D eigenvalue weighted by atomic mass is 10.3. The first kappa shape index (κ1) is 9.56. The highest BCUT2D eigenvalue weighted by Gasteiger charge is 2.20. The van der Waals surface area contributed by atoms with E-state index in [1.54, 1.807) is 0 Å². The van der Waals surface area contributed by atoms with Crippen molar-refractivity contribution in [3.8, 4) is 0 Å². The van der Waals surface area contributed by atoms with Gasteiger partial charge in [0.15, 0.2) is 0 Å². The molecule has 0 bridgehead atoms. The lowest BCUT2D eigenvalue weighted by Gasteiger charge is -2.26. The van der Waals surface area contributed by atoms with E-state index in [1.165, 1.54) is 16.2 Å². The zero-order chi connectivity index (χ0) is 9.26. The molecule has 1 fully saturated rings. The van der Waals surface area contributed by atoms with Crippen LogP contribution in [0.2, 0.25) is 0 Å². The molecule has 2 atom stereocenters. The van der Waals surface area contributed by atoms with Gasteiger partial charge < -0.3 is 5.32 Å². The molecule has 2 rings (SSSR count). The van der Waals surface area contributed by atoms with Crippen LogP contribution in [-0.4, -0.2) is 11.8 Å². The molecule has 72 valence electrons. The van der Waals surface area contributed by atoms with E-state index < -0.39 is 0 Å². The lowest BCUT2D eigenvalue weighted by molar-refractivity contribution is 0.610. The Labute approximate surface area is 87.9 Å². The standard InChI is InChI=1S/C10H15NS2/c1-7-3-4-9(12-7)10-11-6-5-8(2)13-10/h3-4,8,10-11H,5-6H2,1-2H3. The van der Waals surface area contributed by atoms with Gasteiger partial charge in [-0.15, -0.1) is 23.1 Å². The maximum atomic E-state index is 3.55. The van der Waals surface area contributed by atoms with Gasteiger partial charge in [0.05, 0.1) is 5.37 Å². The van der Waals surface area contributed by atoms with Crippen molar-refractivity contribution in [2.24, 2.45) is 0 Å². The van der Waals surface area contributed by atoms with Crippen LogP contribution >= 0.6 is 23.1 Å². The van der Waals surface area contributed by atoms with Crippen molar-refractivity contribution in [3.63, 3.8) is 0 Å². The summed E-state index contributed by atoms with van der Waals surface area (Å²) in [5.41, 5.74) is 0. The monoisotopic (exact) mass is 213 g/mol. The largest absolute Gasteiger partial charge is 0.301 e. The summed E-state index contributed by atoms with van der Waals surface area (Å²) in [6.07, 6.45) is 1.30. The Balaban J connectivity index is 2.08. The molecule has 0 spiro atoms. The molecule has 0 aromatic carbocycles. The van der Waals surface area contributed by atoms with Crippen molar-refractivity contribution in [2.45, 2.75) is 30.9 Å². The fourth-order valence-electron chi connectivity index (χ4n) is 1.53. The van der Waals surface area contributed by atoms with E-state index in [2.05, 4.69) is 43.1 Å². The number of nitrogens with one attached hydrogen (secondary N) is 1. The molecule has 0 saturated carbocycles. The Kier molecular flexibility index (Phi) is 2.96. The van der Waals surface area contributed by atoms with Gasteiger partial charge in [0.2, 0.25) is 0 Å². The number of hydrogen-bond acceptors (Lipinski definition) is 3. The van der Waals surface area contributed by atoms with Gasteiger partial charge in [-0.25, -0.2) is 0 Å². The van der Waals surface area contributed by atoms with Crippen LogP contribution in [0.15, 0.2) is 12.1 Å². The molecule has 1 aliphatic rings. The zero-order valence-corrected chi connectivity index (χ0v) is 9.67. The van der Waals surface area contributed by atoms with Crippen LogP contribution in [0.4, 0.5) is 0 Å². The molecular weight excluding hydrogens is 198 g/mol. The maximum Gasteiger partial charge on any atom is 0.0885 e. The van der Waals surface area contributed by atoms with Crippen LogP contribution in [0.1, 0.15) is 28.5 Å². The van der Waals surface area contributed by atoms with Crippen LogP contribution in [0, 0.1) is 6.92 Å². The van der Waals surface area contributed by atoms with Crippen LogP contribution in [0.25, 0.3) is 0 Å². The normalized spacial score (nSPS) is 29.1. The van der Waals surface area contributed by atoms with Crippen molar-refractivity contribution in [1.82, 2.24) is 5.32 Å². The van der Waals surface area contributed by atoms with E-state index >= 15 is 0 Å². The van der Waals surface area contributed by atoms with E-state index in [-0.39, 0.29) is 0 Å². The minimum Gasteiger partial charge on any atom is -0.301 e. The summed E-state index contributed by atoms with van der Waals surface area (Å²) in [5, 5.41) is 4.90. The second-order valence-electron chi connectivity index (χ2n) is 3.52. The van der Waals surface area contributed by atoms with E-state index in [4.69, 9.17) is 0 Å². The Hall–Kier alpha value is 0.01000. The van der Waals surface area contributed by atoms with Gasteiger partial charge >= 0.3 is 0 Å². The minimum atomic E-state index is 0.544. The summed E-state index contributed by atoms with van der Waals surface area (Å²) in [6.45, 7) is 5.65. The first-order chi connectivity index (χ1) is 6.25. The Morgan fingerprint density at radius 1 is 1.46 bits per heavy atom. The highest BCUT2D eigenvalue weighted by Crippen LogP contribution is 2.37. The highest BCUT2D eigenvalue weighted by atomic mass is 32.2. The third kappa shape index (κ3) is 2.27. The number of thiophene rings is 1. The topological polar surface area (TPSA) is 12.0 Å². The molecule has 1 aromatic heterocycles. The highest BCUT2D eigenvalue weighted by molar-refractivity contribution is 8.00. The summed E-state index contributed by atoms with van der Waals surface area (Å²) in [4.78, 5) is 2.89. The van der Waals surface area contributed by atoms with Crippen molar-refractivity contribution < 1.29 is 0 Å². The quantitative estimate of drug-likeness (QED) is 0.769. The molecular formula is C10H15NS2. The third-order valence-electron chi connectivity index (χ3n) is 2.27. The minimum absolute atomic E-state index is 0.544. The lowest BCUT2D eigenvalue weighted by Crippen LogP contribution is -2.28. The Morgan fingerprint density at radius 2 is 2.31 bits per heavy atom. The molecule has 13 heavy (non-hydrogen) atoms. The summed E-state index contributed by atoms with van der Waals surface area (Å²) in [6, 6.07) is 4.46. The smallest absolute Gasteiger partial charge is 0.0885 e. The summed E-state index contributed by atoms with van der Waals surface area (Å²) >= 11 is 3.97. The van der Waals surface area contributed by atoms with Crippen LogP contribution < -0.4 is 5.32 Å². The molecule has 0 radical (unpaired) electrons. The summed E-state index contributed by atoms with van der Waals surface area (Å²) in [5.74, 6) is 0. The molecule has 1 nitrogen and oxygen atoms in total. The number of rotatable bonds is 1. The maximum absolute atomic E-state index is 3.55. The number of aryl methyl sites for hydroxylation is 1. The molecule has 2 heterocycles. The molecule has 1 aliphatic heterocycles. The van der Waals surface area contributed by atoms with Gasteiger partial charge in [-0.1, -0.05) is 6.92 Å². The first-order valence-electron chi connectivity index (χ1n) is 4.71. The zero-order valence-electron chi connectivity index (χ0n) is 8.04. The molecule has 1 saturated heterocycles. The Bertz CT molecular complexity index is 282. The van der Waals surface area contributed by atoms with Gasteiger partial charge in [-0.2, -0.15) is 0 Å². The molecule has 2 unspecified atom stereocenters. The molecule has 1 aromatic rings. The van der Waals surface area contributed by atoms with Crippen molar-refractivity contribution in [3.05, 3.63) is 21.9 Å². The number of thioether (sulfide) groups is 1. The van der Waals surface area contributed by atoms with Crippen LogP contribution in [0.3, 0.4) is 0 Å². The van der Waals surface area contributed by atoms with Gasteiger partial charge in [0.25, 0.3) is 0 Å². The second kappa shape index (κ2) is 4.03. The van der Waals surface area contributed by atoms with Gasteiger partial charge in [0, 0.05) is 15.0 Å². The van der Waals surface area contributed by atoms with Crippen LogP contribution in [0.5, 0.6) is 0 Å². The van der Waals surface area contributed by atoms with Crippen molar-refractivity contribution in [2.75, 3.05) is 6.54 Å². The van der Waals surface area contributed by atoms with Gasteiger partial charge in [-0.05, 0) is 32.0 Å². The predicted molar refractivity (Wildman–Crippen MR) is 61.5 cm³/mol. The second-order valence-corrected chi connectivity index (χ2v) is 6.39. The molecule has 3 heteroatoms. The average molecular weight is 213 g/mol. The predicted octanol–water partition coefficient (Wildman–Crippen LogP) is 3.17. The fraction of sp³-hybridized carbons (Fsp3) is 0.600. The Morgan fingerprint density at radius 3 is 2.92 bits per heavy atom. The summed E-state index contributed by atoms with van der Waals surface area (Å²) < 4.78 is 0. The van der Waals surface area contributed by atoms with E-state index in [0.717, 1.165) is 11.8 Å². The SMILES string of the molecule is Cc1ccc(C2NCCC(C)S2)s1. The van der Waals surface area contributed by atoms with Gasteiger partial charge in [-0.3, -0.25) is 0 Å². The van der Waals surface area contributed by atoms with Crippen molar-refractivity contribution in [1.29, 1.82) is 0 Å². The fourth-order valence-corrected chi connectivity index (χ4v) is 3.82. The van der Waals surface area contributed by atoms with E-state index in [9.17, 15) is 0 Å². The number of hydrogen-bond donors (Lipinski definition) is 1. The average Bonchev–Trinajstić information content (AvgIpc) is 2.52. The molecule has 0 amide bonds. The third-order valence-corrected chi connectivity index (χ3v) is 4.88. The van der Waals surface area contributed by atoms with Crippen molar-refractivity contribution >= 4 is 23.1 Å². The first-order valence-corrected chi connectivity index (χ1v) is 6.47. The van der Waals surface area contributed by atoms with Gasteiger partial charge in [0.1, 0.15) is 0 Å². The molecule has 1 N–H and O–H groups in total. The molecule has 0 aliphatic carbocycles.